The first-order chi connectivity index (χ1) is 13.3. The minimum Gasteiger partial charge on any atom is -0.381 e. The van der Waals surface area contributed by atoms with Crippen LogP contribution in [0.4, 0.5) is 5.69 Å². The molecule has 2 aliphatic rings. The highest BCUT2D eigenvalue weighted by atomic mass is 127. The van der Waals surface area contributed by atoms with Crippen LogP contribution >= 0.6 is 24.0 Å². The maximum Gasteiger partial charge on any atom is 0.193 e. The van der Waals surface area contributed by atoms with E-state index in [0.29, 0.717) is 12.5 Å². The molecule has 0 bridgehead atoms. The normalized spacial score (nSPS) is 18.6. The number of halogens is 1. The van der Waals surface area contributed by atoms with Crippen LogP contribution in [-0.2, 0) is 23.0 Å². The van der Waals surface area contributed by atoms with Crippen LogP contribution in [0.2, 0.25) is 0 Å². The lowest BCUT2D eigenvalue weighted by Gasteiger charge is -2.36. The van der Waals surface area contributed by atoms with Gasteiger partial charge in [-0.05, 0) is 61.3 Å². The number of anilines is 1. The second-order valence-electron chi connectivity index (χ2n) is 7.74. The Morgan fingerprint density at radius 1 is 1.00 bits per heavy atom. The molecule has 1 aliphatic heterocycles. The first-order valence-electron chi connectivity index (χ1n) is 10.1. The van der Waals surface area contributed by atoms with Gasteiger partial charge in [0.05, 0.1) is 6.54 Å². The molecule has 1 saturated heterocycles. The summed E-state index contributed by atoms with van der Waals surface area (Å²) < 4.78 is 5.62. The molecule has 4 rings (SSSR count). The number of guanidine groups is 1. The van der Waals surface area contributed by atoms with E-state index in [1.165, 1.54) is 36.0 Å². The van der Waals surface area contributed by atoms with E-state index in [2.05, 4.69) is 53.8 Å². The van der Waals surface area contributed by atoms with Crippen LogP contribution < -0.4 is 11.1 Å². The topological polar surface area (TPSA) is 59.6 Å². The molecule has 1 fully saturated rings. The van der Waals surface area contributed by atoms with Gasteiger partial charge in [0.2, 0.25) is 0 Å². The van der Waals surface area contributed by atoms with Crippen LogP contribution in [-0.4, -0.2) is 25.7 Å². The number of aryl methyl sites for hydroxylation is 1. The average molecular weight is 491 g/mol. The Labute approximate surface area is 185 Å². The summed E-state index contributed by atoms with van der Waals surface area (Å²) in [6.07, 6.45) is 6.78. The van der Waals surface area contributed by atoms with Crippen molar-refractivity contribution < 1.29 is 4.74 Å². The highest BCUT2D eigenvalue weighted by molar-refractivity contribution is 14.0. The summed E-state index contributed by atoms with van der Waals surface area (Å²) in [6, 6.07) is 17.2. The standard InChI is InChI=1S/C23H29N3O.HI/c24-22(26-21-12-6-8-18-7-4-5-11-20(18)21)25-17-23(13-15-27-16-14-23)19-9-2-1-3-10-19;/h1-3,6,8-10,12H,4-5,7,11,13-17H2,(H3,24,25,26);1H. The summed E-state index contributed by atoms with van der Waals surface area (Å²) in [5.74, 6) is 0.510. The first-order valence-corrected chi connectivity index (χ1v) is 10.1. The van der Waals surface area contributed by atoms with Crippen LogP contribution in [0.5, 0.6) is 0 Å². The Morgan fingerprint density at radius 3 is 2.54 bits per heavy atom. The third-order valence-corrected chi connectivity index (χ3v) is 6.05. The van der Waals surface area contributed by atoms with E-state index in [-0.39, 0.29) is 29.4 Å². The van der Waals surface area contributed by atoms with Gasteiger partial charge in [0, 0.05) is 24.3 Å². The largest absolute Gasteiger partial charge is 0.381 e. The maximum absolute atomic E-state index is 6.30. The van der Waals surface area contributed by atoms with E-state index < -0.39 is 0 Å². The molecule has 28 heavy (non-hydrogen) atoms. The predicted molar refractivity (Wildman–Crippen MR) is 127 cm³/mol. The molecule has 0 radical (unpaired) electrons. The van der Waals surface area contributed by atoms with Gasteiger partial charge < -0.3 is 15.8 Å². The molecule has 1 heterocycles. The van der Waals surface area contributed by atoms with Crippen molar-refractivity contribution in [3.05, 3.63) is 65.2 Å². The minimum absolute atomic E-state index is 0. The maximum atomic E-state index is 6.30. The number of nitrogens with two attached hydrogens (primary N) is 1. The van der Waals surface area contributed by atoms with Crippen molar-refractivity contribution in [2.45, 2.75) is 43.9 Å². The smallest absolute Gasteiger partial charge is 0.193 e. The Morgan fingerprint density at radius 2 is 1.75 bits per heavy atom. The molecule has 150 valence electrons. The second kappa shape index (κ2) is 9.74. The highest BCUT2D eigenvalue weighted by Gasteiger charge is 2.34. The summed E-state index contributed by atoms with van der Waals surface area (Å²) in [6.45, 7) is 2.25. The zero-order chi connectivity index (χ0) is 18.5. The molecule has 3 N–H and O–H groups in total. The molecule has 0 unspecified atom stereocenters. The zero-order valence-electron chi connectivity index (χ0n) is 16.3. The van der Waals surface area contributed by atoms with Crippen molar-refractivity contribution in [1.29, 1.82) is 0 Å². The molecule has 5 heteroatoms. The average Bonchev–Trinajstić information content (AvgIpc) is 2.74. The number of benzene rings is 2. The van der Waals surface area contributed by atoms with Gasteiger partial charge >= 0.3 is 0 Å². The van der Waals surface area contributed by atoms with E-state index in [9.17, 15) is 0 Å². The van der Waals surface area contributed by atoms with Crippen molar-refractivity contribution in [2.75, 3.05) is 25.1 Å². The number of nitrogens with one attached hydrogen (secondary N) is 1. The number of hydrogen-bond donors (Lipinski definition) is 2. The summed E-state index contributed by atoms with van der Waals surface area (Å²) >= 11 is 0. The van der Waals surface area contributed by atoms with Crippen molar-refractivity contribution in [2.24, 2.45) is 10.7 Å². The number of ether oxygens (including phenoxy) is 1. The summed E-state index contributed by atoms with van der Waals surface area (Å²) in [4.78, 5) is 4.77. The summed E-state index contributed by atoms with van der Waals surface area (Å²) in [5.41, 5.74) is 11.6. The van der Waals surface area contributed by atoms with E-state index in [1.807, 2.05) is 0 Å². The van der Waals surface area contributed by atoms with Gasteiger partial charge in [0.25, 0.3) is 0 Å². The summed E-state index contributed by atoms with van der Waals surface area (Å²) in [5, 5.41) is 3.37. The SMILES string of the molecule is I.NC(=NCC1(c2ccccc2)CCOCC1)Nc1cccc2c1CCCC2. The van der Waals surface area contributed by atoms with E-state index >= 15 is 0 Å². The fourth-order valence-corrected chi connectivity index (χ4v) is 4.40. The van der Waals surface area contributed by atoms with Crippen LogP contribution in [0.3, 0.4) is 0 Å². The van der Waals surface area contributed by atoms with Gasteiger partial charge in [-0.2, -0.15) is 0 Å². The monoisotopic (exact) mass is 491 g/mol. The van der Waals surface area contributed by atoms with Gasteiger partial charge in [0.1, 0.15) is 0 Å². The summed E-state index contributed by atoms with van der Waals surface area (Å²) in [7, 11) is 0. The molecule has 0 amide bonds. The number of aliphatic imine (C=N–C) groups is 1. The van der Waals surface area contributed by atoms with Crippen molar-refractivity contribution in [1.82, 2.24) is 0 Å². The highest BCUT2D eigenvalue weighted by Crippen LogP contribution is 2.35. The Balaban J connectivity index is 0.00000225. The van der Waals surface area contributed by atoms with Crippen LogP contribution in [0.1, 0.15) is 42.4 Å². The molecule has 0 spiro atoms. The molecule has 4 nitrogen and oxygen atoms in total. The second-order valence-corrected chi connectivity index (χ2v) is 7.74. The first kappa shape index (κ1) is 21.1. The number of fused-ring (bicyclic) bond motifs is 1. The molecular formula is C23H30IN3O. The van der Waals surface area contributed by atoms with Crippen molar-refractivity contribution in [3.63, 3.8) is 0 Å². The molecule has 2 aromatic rings. The lowest BCUT2D eigenvalue weighted by Crippen LogP contribution is -2.38. The minimum atomic E-state index is 0. The fourth-order valence-electron chi connectivity index (χ4n) is 4.40. The number of rotatable bonds is 4. The van der Waals surface area contributed by atoms with Crippen LogP contribution in [0.25, 0.3) is 0 Å². The van der Waals surface area contributed by atoms with Gasteiger partial charge in [-0.1, -0.05) is 42.5 Å². The van der Waals surface area contributed by atoms with Crippen LogP contribution in [0, 0.1) is 0 Å². The third-order valence-electron chi connectivity index (χ3n) is 6.05. The van der Waals surface area contributed by atoms with E-state index in [4.69, 9.17) is 15.5 Å². The molecule has 2 aromatic carbocycles. The van der Waals surface area contributed by atoms with Crippen molar-refractivity contribution >= 4 is 35.6 Å². The third kappa shape index (κ3) is 4.69. The van der Waals surface area contributed by atoms with Crippen molar-refractivity contribution in [3.8, 4) is 0 Å². The fraction of sp³-hybridized carbons (Fsp3) is 0.435. The van der Waals surface area contributed by atoms with Crippen LogP contribution in [0.15, 0.2) is 53.5 Å². The Bertz CT molecular complexity index is 801. The van der Waals surface area contributed by atoms with E-state index in [0.717, 1.165) is 38.2 Å². The lowest BCUT2D eigenvalue weighted by atomic mass is 9.74. The molecule has 0 aromatic heterocycles. The van der Waals surface area contributed by atoms with E-state index in [1.54, 1.807) is 0 Å². The molecule has 1 aliphatic carbocycles. The Kier molecular flexibility index (Phi) is 7.35. The lowest BCUT2D eigenvalue weighted by molar-refractivity contribution is 0.0531. The quantitative estimate of drug-likeness (QED) is 0.372. The van der Waals surface area contributed by atoms with Gasteiger partial charge in [-0.15, -0.1) is 24.0 Å². The number of nitrogens with zero attached hydrogens (tertiary/aromatic N) is 1. The van der Waals surface area contributed by atoms with Gasteiger partial charge in [-0.25, -0.2) is 0 Å². The molecule has 0 saturated carbocycles. The zero-order valence-corrected chi connectivity index (χ0v) is 18.7. The predicted octanol–water partition coefficient (Wildman–Crippen LogP) is 4.66. The molecule has 0 atom stereocenters. The Hall–Kier alpha value is -1.60. The molecular weight excluding hydrogens is 461 g/mol. The van der Waals surface area contributed by atoms with Gasteiger partial charge in [-0.3, -0.25) is 4.99 Å². The van der Waals surface area contributed by atoms with Gasteiger partial charge in [0.15, 0.2) is 5.96 Å². The number of hydrogen-bond acceptors (Lipinski definition) is 2.